The van der Waals surface area contributed by atoms with Crippen molar-refractivity contribution in [3.8, 4) is 11.3 Å². The fourth-order valence-corrected chi connectivity index (χ4v) is 1.98. The van der Waals surface area contributed by atoms with Crippen LogP contribution in [0.1, 0.15) is 5.56 Å². The van der Waals surface area contributed by atoms with Gasteiger partial charge in [0.2, 0.25) is 0 Å². The lowest BCUT2D eigenvalue weighted by Gasteiger charge is -1.97. The van der Waals surface area contributed by atoms with E-state index in [2.05, 4.69) is 17.1 Å². The molecule has 0 aliphatic heterocycles. The topological polar surface area (TPSA) is 43.3 Å². The van der Waals surface area contributed by atoms with Crippen molar-refractivity contribution >= 4 is 5.65 Å². The summed E-state index contributed by atoms with van der Waals surface area (Å²) in [7, 11) is 0. The molecule has 0 aliphatic rings. The van der Waals surface area contributed by atoms with Crippen LogP contribution in [0.25, 0.3) is 16.9 Å². The summed E-state index contributed by atoms with van der Waals surface area (Å²) in [5, 5.41) is 0. The fourth-order valence-electron chi connectivity index (χ4n) is 1.98. The quantitative estimate of drug-likeness (QED) is 0.725. The molecule has 0 bridgehead atoms. The normalized spacial score (nSPS) is 10.9. The number of fused-ring (bicyclic) bond motifs is 1. The standard InChI is InChI=1S/C14H13N3/c15-9-12-7-4-8-17-10-13(16-14(12)17)11-5-2-1-3-6-11/h1-8,10H,9,15H2. The van der Waals surface area contributed by atoms with Gasteiger partial charge in [0, 0.05) is 30.1 Å². The van der Waals surface area contributed by atoms with Crippen LogP contribution in [0.3, 0.4) is 0 Å². The number of benzene rings is 1. The Hall–Kier alpha value is -2.13. The number of hydrogen-bond acceptors (Lipinski definition) is 2. The van der Waals surface area contributed by atoms with Gasteiger partial charge >= 0.3 is 0 Å². The van der Waals surface area contributed by atoms with Crippen LogP contribution in [-0.4, -0.2) is 9.38 Å². The van der Waals surface area contributed by atoms with Crippen molar-refractivity contribution in [2.45, 2.75) is 6.54 Å². The molecule has 0 unspecified atom stereocenters. The fraction of sp³-hybridized carbons (Fsp3) is 0.0714. The zero-order valence-corrected chi connectivity index (χ0v) is 9.38. The Labute approximate surface area is 99.5 Å². The minimum absolute atomic E-state index is 0.510. The van der Waals surface area contributed by atoms with E-state index in [1.54, 1.807) is 0 Å². The molecular weight excluding hydrogens is 210 g/mol. The molecule has 2 N–H and O–H groups in total. The van der Waals surface area contributed by atoms with Crippen molar-refractivity contribution in [3.05, 3.63) is 60.4 Å². The van der Waals surface area contributed by atoms with Crippen molar-refractivity contribution in [1.29, 1.82) is 0 Å². The smallest absolute Gasteiger partial charge is 0.141 e. The van der Waals surface area contributed by atoms with E-state index in [1.165, 1.54) is 0 Å². The van der Waals surface area contributed by atoms with Gasteiger partial charge in [-0.05, 0) is 6.07 Å². The van der Waals surface area contributed by atoms with E-state index in [9.17, 15) is 0 Å². The third kappa shape index (κ3) is 1.70. The van der Waals surface area contributed by atoms with Crippen molar-refractivity contribution in [3.63, 3.8) is 0 Å². The first-order chi connectivity index (χ1) is 8.38. The highest BCUT2D eigenvalue weighted by molar-refractivity contribution is 5.64. The molecule has 0 radical (unpaired) electrons. The van der Waals surface area contributed by atoms with Gasteiger partial charge in [-0.1, -0.05) is 36.4 Å². The average Bonchev–Trinajstić information content (AvgIpc) is 2.83. The van der Waals surface area contributed by atoms with E-state index in [-0.39, 0.29) is 0 Å². The first kappa shape index (κ1) is 10.1. The molecule has 3 nitrogen and oxygen atoms in total. The van der Waals surface area contributed by atoms with Crippen LogP contribution < -0.4 is 5.73 Å². The maximum Gasteiger partial charge on any atom is 0.141 e. The molecule has 0 saturated carbocycles. The number of imidazole rings is 1. The third-order valence-electron chi connectivity index (χ3n) is 2.85. The molecule has 0 aliphatic carbocycles. The van der Waals surface area contributed by atoms with Crippen LogP contribution in [0.4, 0.5) is 0 Å². The molecule has 3 rings (SSSR count). The highest BCUT2D eigenvalue weighted by Crippen LogP contribution is 2.20. The molecule has 2 aromatic heterocycles. The van der Waals surface area contributed by atoms with Crippen molar-refractivity contribution in [2.75, 3.05) is 0 Å². The number of aromatic nitrogens is 2. The predicted molar refractivity (Wildman–Crippen MR) is 68.5 cm³/mol. The zero-order chi connectivity index (χ0) is 11.7. The Morgan fingerprint density at radius 2 is 1.88 bits per heavy atom. The molecule has 3 heteroatoms. The largest absolute Gasteiger partial charge is 0.326 e. The van der Waals surface area contributed by atoms with Crippen LogP contribution in [-0.2, 0) is 6.54 Å². The number of hydrogen-bond donors (Lipinski definition) is 1. The number of rotatable bonds is 2. The lowest BCUT2D eigenvalue weighted by molar-refractivity contribution is 1.04. The molecule has 0 fully saturated rings. The second kappa shape index (κ2) is 4.03. The summed E-state index contributed by atoms with van der Waals surface area (Å²) < 4.78 is 2.02. The number of nitrogens with zero attached hydrogens (tertiary/aromatic N) is 2. The monoisotopic (exact) mass is 223 g/mol. The number of pyridine rings is 1. The van der Waals surface area contributed by atoms with Crippen LogP contribution in [0.5, 0.6) is 0 Å². The van der Waals surface area contributed by atoms with Crippen LogP contribution in [0.2, 0.25) is 0 Å². The van der Waals surface area contributed by atoms with Crippen LogP contribution >= 0.6 is 0 Å². The molecule has 3 aromatic rings. The van der Waals surface area contributed by atoms with E-state index in [0.717, 1.165) is 22.5 Å². The summed E-state index contributed by atoms with van der Waals surface area (Å²) in [5.74, 6) is 0. The summed E-state index contributed by atoms with van der Waals surface area (Å²) in [6, 6.07) is 14.2. The van der Waals surface area contributed by atoms with Gasteiger partial charge in [0.1, 0.15) is 5.65 Å². The van der Waals surface area contributed by atoms with E-state index in [1.807, 2.05) is 47.1 Å². The maximum absolute atomic E-state index is 5.71. The van der Waals surface area contributed by atoms with Gasteiger partial charge < -0.3 is 10.1 Å². The summed E-state index contributed by atoms with van der Waals surface area (Å²) >= 11 is 0. The molecule has 0 amide bonds. The lowest BCUT2D eigenvalue weighted by atomic mass is 10.2. The van der Waals surface area contributed by atoms with Gasteiger partial charge in [-0.2, -0.15) is 0 Å². The maximum atomic E-state index is 5.71. The Kier molecular flexibility index (Phi) is 2.38. The van der Waals surface area contributed by atoms with E-state index in [4.69, 9.17) is 5.73 Å². The van der Waals surface area contributed by atoms with E-state index in [0.29, 0.717) is 6.54 Å². The highest BCUT2D eigenvalue weighted by atomic mass is 15.0. The first-order valence-corrected chi connectivity index (χ1v) is 5.60. The Bertz CT molecular complexity index is 641. The first-order valence-electron chi connectivity index (χ1n) is 5.60. The second-order valence-corrected chi connectivity index (χ2v) is 3.96. The highest BCUT2D eigenvalue weighted by Gasteiger charge is 2.06. The van der Waals surface area contributed by atoms with Gasteiger partial charge in [-0.25, -0.2) is 4.98 Å². The molecule has 17 heavy (non-hydrogen) atoms. The lowest BCUT2D eigenvalue weighted by Crippen LogP contribution is -1.99. The molecular formula is C14H13N3. The predicted octanol–water partition coefficient (Wildman–Crippen LogP) is 2.46. The SMILES string of the molecule is NCc1cccn2cc(-c3ccccc3)nc12. The molecule has 84 valence electrons. The summed E-state index contributed by atoms with van der Waals surface area (Å²) in [5.41, 5.74) is 9.82. The second-order valence-electron chi connectivity index (χ2n) is 3.96. The summed E-state index contributed by atoms with van der Waals surface area (Å²) in [4.78, 5) is 4.64. The third-order valence-corrected chi connectivity index (χ3v) is 2.85. The molecule has 0 atom stereocenters. The van der Waals surface area contributed by atoms with Crippen molar-refractivity contribution < 1.29 is 0 Å². The Morgan fingerprint density at radius 1 is 1.06 bits per heavy atom. The van der Waals surface area contributed by atoms with Crippen molar-refractivity contribution in [2.24, 2.45) is 5.73 Å². The van der Waals surface area contributed by atoms with Crippen LogP contribution in [0, 0.1) is 0 Å². The molecule has 2 heterocycles. The summed E-state index contributed by atoms with van der Waals surface area (Å²) in [6.45, 7) is 0.510. The average molecular weight is 223 g/mol. The molecule has 1 aromatic carbocycles. The minimum Gasteiger partial charge on any atom is -0.326 e. The van der Waals surface area contributed by atoms with E-state index < -0.39 is 0 Å². The zero-order valence-electron chi connectivity index (χ0n) is 9.38. The van der Waals surface area contributed by atoms with Gasteiger partial charge in [-0.15, -0.1) is 0 Å². The van der Waals surface area contributed by atoms with Crippen LogP contribution in [0.15, 0.2) is 54.9 Å². The van der Waals surface area contributed by atoms with Gasteiger partial charge in [0.05, 0.1) is 5.69 Å². The van der Waals surface area contributed by atoms with Gasteiger partial charge in [-0.3, -0.25) is 0 Å². The molecule has 0 saturated heterocycles. The summed E-state index contributed by atoms with van der Waals surface area (Å²) in [6.07, 6.45) is 4.03. The minimum atomic E-state index is 0.510. The van der Waals surface area contributed by atoms with E-state index >= 15 is 0 Å². The number of nitrogens with two attached hydrogens (primary N) is 1. The van der Waals surface area contributed by atoms with Gasteiger partial charge in [0.25, 0.3) is 0 Å². The Morgan fingerprint density at radius 3 is 2.65 bits per heavy atom. The van der Waals surface area contributed by atoms with Gasteiger partial charge in [0.15, 0.2) is 0 Å². The Balaban J connectivity index is 2.20. The molecule has 0 spiro atoms. The van der Waals surface area contributed by atoms with Crippen molar-refractivity contribution in [1.82, 2.24) is 9.38 Å².